The molecule has 1 unspecified atom stereocenters. The van der Waals surface area contributed by atoms with Crippen molar-refractivity contribution in [3.05, 3.63) is 52.4 Å². The van der Waals surface area contributed by atoms with Crippen molar-refractivity contribution in [2.45, 2.75) is 25.8 Å². The van der Waals surface area contributed by atoms with E-state index in [9.17, 15) is 9.59 Å². The van der Waals surface area contributed by atoms with Gasteiger partial charge in [-0.25, -0.2) is 4.68 Å². The van der Waals surface area contributed by atoms with Gasteiger partial charge in [0.1, 0.15) is 5.75 Å². The first-order valence-electron chi connectivity index (χ1n) is 9.23. The number of hydrogen-bond acceptors (Lipinski definition) is 5. The first-order valence-corrected chi connectivity index (χ1v) is 9.23. The number of hydrogen-bond donors (Lipinski definition) is 1. The van der Waals surface area contributed by atoms with Gasteiger partial charge in [-0.05, 0) is 36.5 Å². The predicted molar refractivity (Wildman–Crippen MR) is 104 cm³/mol. The summed E-state index contributed by atoms with van der Waals surface area (Å²) in [4.78, 5) is 26.3. The van der Waals surface area contributed by atoms with E-state index in [1.165, 1.54) is 4.68 Å². The van der Waals surface area contributed by atoms with E-state index in [4.69, 9.17) is 4.74 Å². The Balaban J connectivity index is 1.51. The highest BCUT2D eigenvalue weighted by atomic mass is 16.5. The summed E-state index contributed by atoms with van der Waals surface area (Å²) < 4.78 is 6.46. The van der Waals surface area contributed by atoms with Gasteiger partial charge in [0.15, 0.2) is 0 Å². The normalized spacial score (nSPS) is 16.8. The van der Waals surface area contributed by atoms with Crippen LogP contribution >= 0.6 is 0 Å². The summed E-state index contributed by atoms with van der Waals surface area (Å²) in [5.74, 6) is 1.14. The lowest BCUT2D eigenvalue weighted by Crippen LogP contribution is -2.38. The minimum atomic E-state index is -0.119. The Morgan fingerprint density at radius 3 is 2.81 bits per heavy atom. The Kier molecular flexibility index (Phi) is 6.11. The maximum Gasteiger partial charge on any atom is 0.268 e. The maximum atomic E-state index is 12.3. The fraction of sp³-hybridized carbons (Fsp3) is 0.450. The van der Waals surface area contributed by atoms with Crippen LogP contribution in [-0.2, 0) is 18.4 Å². The monoisotopic (exact) mass is 370 g/mol. The number of nitrogens with zero attached hydrogens (tertiary/aromatic N) is 3. The molecule has 0 aliphatic carbocycles. The van der Waals surface area contributed by atoms with Gasteiger partial charge in [-0.1, -0.05) is 12.1 Å². The first kappa shape index (κ1) is 18.9. The van der Waals surface area contributed by atoms with E-state index < -0.39 is 0 Å². The van der Waals surface area contributed by atoms with E-state index in [0.717, 1.165) is 42.9 Å². The lowest BCUT2D eigenvalue weighted by Gasteiger charge is -2.33. The molecule has 1 aliphatic rings. The Bertz CT molecular complexity index is 832. The average Bonchev–Trinajstić information content (AvgIpc) is 2.69. The number of ether oxygens (including phenoxy) is 1. The molecule has 1 fully saturated rings. The molecule has 1 amide bonds. The van der Waals surface area contributed by atoms with Gasteiger partial charge in [-0.15, -0.1) is 0 Å². The van der Waals surface area contributed by atoms with E-state index in [0.29, 0.717) is 13.0 Å². The van der Waals surface area contributed by atoms with E-state index in [2.05, 4.69) is 15.3 Å². The van der Waals surface area contributed by atoms with Crippen molar-refractivity contribution in [1.29, 1.82) is 0 Å². The van der Waals surface area contributed by atoms with Crippen LogP contribution in [0.2, 0.25) is 0 Å². The zero-order valence-electron chi connectivity index (χ0n) is 15.9. The van der Waals surface area contributed by atoms with Gasteiger partial charge in [-0.3, -0.25) is 9.59 Å². The quantitative estimate of drug-likeness (QED) is 0.838. The van der Waals surface area contributed by atoms with E-state index in [1.807, 2.05) is 24.3 Å². The number of anilines is 1. The molecule has 0 bridgehead atoms. The second-order valence-corrected chi connectivity index (χ2v) is 6.96. The van der Waals surface area contributed by atoms with Crippen molar-refractivity contribution in [2.75, 3.05) is 25.1 Å². The standard InChI is InChI=1S/C20H26N4O3/c1-23-20(26)11-17(13-22-23)24-9-3-4-16(14-24)10-19(25)21-12-15-5-7-18(27-2)8-6-15/h5-8,11,13,16H,3-4,9-10,12,14H2,1-2H3,(H,21,25). The van der Waals surface area contributed by atoms with Gasteiger partial charge in [0, 0.05) is 39.2 Å². The zero-order chi connectivity index (χ0) is 19.2. The number of carbonyl (C=O) groups is 1. The van der Waals surface area contributed by atoms with Crippen LogP contribution in [0.25, 0.3) is 0 Å². The number of benzene rings is 1. The number of piperidine rings is 1. The van der Waals surface area contributed by atoms with Crippen LogP contribution in [0.1, 0.15) is 24.8 Å². The second-order valence-electron chi connectivity index (χ2n) is 6.96. The molecule has 1 atom stereocenters. The second kappa shape index (κ2) is 8.70. The van der Waals surface area contributed by atoms with Crippen molar-refractivity contribution < 1.29 is 9.53 Å². The lowest BCUT2D eigenvalue weighted by atomic mass is 9.94. The van der Waals surface area contributed by atoms with Gasteiger partial charge in [-0.2, -0.15) is 5.10 Å². The summed E-state index contributed by atoms with van der Waals surface area (Å²) in [7, 11) is 3.27. The highest BCUT2D eigenvalue weighted by Crippen LogP contribution is 2.23. The van der Waals surface area contributed by atoms with Crippen molar-refractivity contribution in [3.63, 3.8) is 0 Å². The molecule has 0 spiro atoms. The Labute approximate surface area is 158 Å². The third-order valence-electron chi connectivity index (χ3n) is 4.96. The molecule has 2 heterocycles. The molecule has 0 radical (unpaired) electrons. The summed E-state index contributed by atoms with van der Waals surface area (Å²) in [6.45, 7) is 2.17. The maximum absolute atomic E-state index is 12.3. The molecule has 7 nitrogen and oxygen atoms in total. The molecule has 1 aromatic heterocycles. The summed E-state index contributed by atoms with van der Waals surface area (Å²) in [5.41, 5.74) is 1.76. The van der Waals surface area contributed by atoms with Crippen LogP contribution in [0.4, 0.5) is 5.69 Å². The minimum absolute atomic E-state index is 0.0553. The van der Waals surface area contributed by atoms with Gasteiger partial charge >= 0.3 is 0 Å². The fourth-order valence-electron chi connectivity index (χ4n) is 3.38. The van der Waals surface area contributed by atoms with Crippen LogP contribution in [0.3, 0.4) is 0 Å². The zero-order valence-corrected chi connectivity index (χ0v) is 15.9. The number of methoxy groups -OCH3 is 1. The smallest absolute Gasteiger partial charge is 0.268 e. The van der Waals surface area contributed by atoms with Gasteiger partial charge < -0.3 is 15.0 Å². The summed E-state index contributed by atoms with van der Waals surface area (Å²) in [5, 5.41) is 7.08. The molecule has 2 aromatic rings. The van der Waals surface area contributed by atoms with Crippen LogP contribution in [0, 0.1) is 5.92 Å². The Morgan fingerprint density at radius 2 is 2.11 bits per heavy atom. The lowest BCUT2D eigenvalue weighted by molar-refractivity contribution is -0.122. The van der Waals surface area contributed by atoms with E-state index in [-0.39, 0.29) is 17.4 Å². The molecule has 1 N–H and O–H groups in total. The first-order chi connectivity index (χ1) is 13.0. The molecular weight excluding hydrogens is 344 g/mol. The van der Waals surface area contributed by atoms with Crippen LogP contribution < -0.4 is 20.5 Å². The molecular formula is C20H26N4O3. The molecule has 1 saturated heterocycles. The van der Waals surface area contributed by atoms with E-state index in [1.54, 1.807) is 26.4 Å². The average molecular weight is 370 g/mol. The molecule has 144 valence electrons. The summed E-state index contributed by atoms with van der Waals surface area (Å²) in [6.07, 6.45) is 4.23. The van der Waals surface area contributed by atoms with Crippen LogP contribution in [0.5, 0.6) is 5.75 Å². The van der Waals surface area contributed by atoms with Crippen LogP contribution in [0.15, 0.2) is 41.3 Å². The van der Waals surface area contributed by atoms with Crippen molar-refractivity contribution in [2.24, 2.45) is 13.0 Å². The number of rotatable bonds is 6. The molecule has 27 heavy (non-hydrogen) atoms. The third kappa shape index (κ3) is 5.09. The number of amides is 1. The van der Waals surface area contributed by atoms with Crippen molar-refractivity contribution >= 4 is 11.6 Å². The number of nitrogens with one attached hydrogen (secondary N) is 1. The summed E-state index contributed by atoms with van der Waals surface area (Å²) >= 11 is 0. The fourth-order valence-corrected chi connectivity index (χ4v) is 3.38. The third-order valence-corrected chi connectivity index (χ3v) is 4.96. The molecule has 7 heteroatoms. The highest BCUT2D eigenvalue weighted by molar-refractivity contribution is 5.76. The topological polar surface area (TPSA) is 76.5 Å². The largest absolute Gasteiger partial charge is 0.497 e. The molecule has 1 aromatic carbocycles. The number of carbonyl (C=O) groups excluding carboxylic acids is 1. The number of aryl methyl sites for hydroxylation is 1. The molecule has 3 rings (SSSR count). The molecule has 0 saturated carbocycles. The molecule has 1 aliphatic heterocycles. The van der Waals surface area contributed by atoms with Crippen LogP contribution in [-0.4, -0.2) is 35.9 Å². The SMILES string of the molecule is COc1ccc(CNC(=O)CC2CCCN(c3cnn(C)c(=O)c3)C2)cc1. The highest BCUT2D eigenvalue weighted by Gasteiger charge is 2.23. The minimum Gasteiger partial charge on any atom is -0.497 e. The Morgan fingerprint density at radius 1 is 1.33 bits per heavy atom. The van der Waals surface area contributed by atoms with Crippen molar-refractivity contribution in [3.8, 4) is 5.75 Å². The van der Waals surface area contributed by atoms with Gasteiger partial charge in [0.05, 0.1) is 19.0 Å². The van der Waals surface area contributed by atoms with Crippen molar-refractivity contribution in [1.82, 2.24) is 15.1 Å². The van der Waals surface area contributed by atoms with Gasteiger partial charge in [0.25, 0.3) is 5.56 Å². The van der Waals surface area contributed by atoms with E-state index >= 15 is 0 Å². The summed E-state index contributed by atoms with van der Waals surface area (Å²) in [6, 6.07) is 9.28. The van der Waals surface area contributed by atoms with Gasteiger partial charge in [0.2, 0.25) is 5.91 Å². The number of aromatic nitrogens is 2. The Hall–Kier alpha value is -2.83. The predicted octanol–water partition coefficient (Wildman–Crippen LogP) is 1.71.